The van der Waals surface area contributed by atoms with Gasteiger partial charge in [0, 0.05) is 63.0 Å². The summed E-state index contributed by atoms with van der Waals surface area (Å²) >= 11 is 1.49. The Morgan fingerprint density at radius 3 is 2.30 bits per heavy atom. The molecule has 2 aliphatic heterocycles. The van der Waals surface area contributed by atoms with E-state index in [1.54, 1.807) is 6.92 Å². The molecule has 2 N–H and O–H groups in total. The maximum atomic E-state index is 11.6. The van der Waals surface area contributed by atoms with Crippen LogP contribution in [0.4, 0.5) is 0 Å². The minimum Gasteiger partial charge on any atom is -0.372 e. The van der Waals surface area contributed by atoms with Crippen molar-refractivity contribution >= 4 is 35.6 Å². The highest BCUT2D eigenvalue weighted by atomic mass is 35.5. The van der Waals surface area contributed by atoms with Gasteiger partial charge in [-0.2, -0.15) is 0 Å². The zero-order chi connectivity index (χ0) is 18.5. The molecule has 2 saturated heterocycles. The smallest absolute Gasteiger partial charge is 0.258 e. The quantitative estimate of drug-likeness (QED) is 0.819. The number of amides is 2. The monoisotopic (exact) mass is 413 g/mol. The fraction of sp³-hybridized carbons (Fsp3) is 0.684. The van der Waals surface area contributed by atoms with Crippen molar-refractivity contribution in [3.8, 4) is 0 Å². The summed E-state index contributed by atoms with van der Waals surface area (Å²) in [5.74, 6) is 0.618. The van der Waals surface area contributed by atoms with Crippen LogP contribution >= 0.6 is 23.7 Å². The lowest BCUT2D eigenvalue weighted by atomic mass is 9.64. The first kappa shape index (κ1) is 20.6. The summed E-state index contributed by atoms with van der Waals surface area (Å²) in [7, 11) is 1.81. The van der Waals surface area contributed by atoms with Gasteiger partial charge in [-0.1, -0.05) is 6.42 Å². The van der Waals surface area contributed by atoms with Gasteiger partial charge in [0.25, 0.3) is 5.91 Å². The summed E-state index contributed by atoms with van der Waals surface area (Å²) in [6.45, 7) is 5.32. The van der Waals surface area contributed by atoms with Gasteiger partial charge in [0.15, 0.2) is 0 Å². The Morgan fingerprint density at radius 2 is 1.81 bits per heavy atom. The standard InChI is InChI=1S/C19H27N3O3S.ClH/c1-12(23)21-10-15(11-21)22-8-13-4-3-5-14(9-22)19(13,25-2)17-7-6-16(26-17)18(20)24;/h6-7,13-15H,3-5,8-11H2,1-2H3,(H2,20,24);1H/t13-,14+,19+;. The number of thiophene rings is 1. The number of ether oxygens (including phenoxy) is 1. The maximum absolute atomic E-state index is 11.6. The van der Waals surface area contributed by atoms with Crippen molar-refractivity contribution in [3.63, 3.8) is 0 Å². The molecule has 4 rings (SSSR count). The largest absolute Gasteiger partial charge is 0.372 e. The number of fused-ring (bicyclic) bond motifs is 2. The van der Waals surface area contributed by atoms with E-state index in [0.717, 1.165) is 43.9 Å². The Kier molecular flexibility index (Phi) is 5.87. The van der Waals surface area contributed by atoms with E-state index in [0.29, 0.717) is 22.8 Å². The fourth-order valence-electron chi connectivity index (χ4n) is 5.23. The normalized spacial score (nSPS) is 31.1. The number of hydrogen-bond acceptors (Lipinski definition) is 5. The molecule has 1 aromatic rings. The van der Waals surface area contributed by atoms with Crippen molar-refractivity contribution in [2.45, 2.75) is 37.8 Å². The van der Waals surface area contributed by atoms with E-state index >= 15 is 0 Å². The average molecular weight is 414 g/mol. The van der Waals surface area contributed by atoms with Crippen molar-refractivity contribution in [1.29, 1.82) is 0 Å². The molecule has 3 atom stereocenters. The molecule has 2 amide bonds. The molecule has 150 valence electrons. The number of piperidine rings is 1. The van der Waals surface area contributed by atoms with Crippen LogP contribution in [0.1, 0.15) is 40.7 Å². The van der Waals surface area contributed by atoms with Crippen LogP contribution in [-0.4, -0.2) is 60.9 Å². The third kappa shape index (κ3) is 3.28. The van der Waals surface area contributed by atoms with E-state index in [1.165, 1.54) is 17.8 Å². The van der Waals surface area contributed by atoms with E-state index in [1.807, 2.05) is 24.1 Å². The molecule has 0 radical (unpaired) electrons. The average Bonchev–Trinajstić information content (AvgIpc) is 3.02. The van der Waals surface area contributed by atoms with Crippen LogP contribution in [0.5, 0.6) is 0 Å². The Balaban J connectivity index is 0.00000210. The van der Waals surface area contributed by atoms with Gasteiger partial charge < -0.3 is 15.4 Å². The third-order valence-corrected chi connectivity index (χ3v) is 7.86. The van der Waals surface area contributed by atoms with E-state index in [2.05, 4.69) is 4.90 Å². The molecule has 2 bridgehead atoms. The second kappa shape index (κ2) is 7.70. The minimum absolute atomic E-state index is 0. The zero-order valence-corrected chi connectivity index (χ0v) is 17.5. The molecule has 6 nitrogen and oxygen atoms in total. The third-order valence-electron chi connectivity index (χ3n) is 6.62. The molecule has 0 spiro atoms. The van der Waals surface area contributed by atoms with E-state index < -0.39 is 0 Å². The lowest BCUT2D eigenvalue weighted by Crippen LogP contribution is -2.67. The van der Waals surface area contributed by atoms with Crippen LogP contribution < -0.4 is 5.73 Å². The number of nitrogens with zero attached hydrogens (tertiary/aromatic N) is 2. The number of rotatable bonds is 4. The summed E-state index contributed by atoms with van der Waals surface area (Å²) in [6, 6.07) is 4.35. The summed E-state index contributed by atoms with van der Waals surface area (Å²) in [4.78, 5) is 29.3. The first-order valence-electron chi connectivity index (χ1n) is 9.40. The number of primary amides is 1. The predicted octanol–water partition coefficient (Wildman–Crippen LogP) is 2.07. The predicted molar refractivity (Wildman–Crippen MR) is 107 cm³/mol. The minimum atomic E-state index is -0.367. The van der Waals surface area contributed by atoms with Crippen LogP contribution in [0.25, 0.3) is 0 Å². The lowest BCUT2D eigenvalue weighted by molar-refractivity contribution is -0.180. The number of likely N-dealkylation sites (tertiary alicyclic amines) is 2. The molecule has 3 heterocycles. The van der Waals surface area contributed by atoms with Gasteiger partial charge in [-0.3, -0.25) is 14.5 Å². The summed E-state index contributed by atoms with van der Waals surface area (Å²) < 4.78 is 6.23. The van der Waals surface area contributed by atoms with Gasteiger partial charge >= 0.3 is 0 Å². The Morgan fingerprint density at radius 1 is 1.19 bits per heavy atom. The second-order valence-corrected chi connectivity index (χ2v) is 8.97. The molecule has 8 heteroatoms. The maximum Gasteiger partial charge on any atom is 0.258 e. The Bertz CT molecular complexity index is 705. The van der Waals surface area contributed by atoms with E-state index in [4.69, 9.17) is 10.5 Å². The fourth-order valence-corrected chi connectivity index (χ4v) is 6.41. The summed E-state index contributed by atoms with van der Waals surface area (Å²) in [5, 5.41) is 0. The molecule has 0 aromatic carbocycles. The summed E-state index contributed by atoms with van der Waals surface area (Å²) in [6.07, 6.45) is 3.49. The number of hydrogen-bond donors (Lipinski definition) is 1. The van der Waals surface area contributed by atoms with Crippen molar-refractivity contribution in [3.05, 3.63) is 21.9 Å². The molecular formula is C19H28ClN3O3S. The van der Waals surface area contributed by atoms with Gasteiger partial charge in [-0.25, -0.2) is 0 Å². The van der Waals surface area contributed by atoms with Crippen LogP contribution in [-0.2, 0) is 15.1 Å². The zero-order valence-electron chi connectivity index (χ0n) is 15.8. The number of halogens is 1. The van der Waals surface area contributed by atoms with Gasteiger partial charge in [0.2, 0.25) is 5.91 Å². The highest BCUT2D eigenvalue weighted by Gasteiger charge is 2.55. The highest BCUT2D eigenvalue weighted by Crippen LogP contribution is 2.53. The SMILES string of the molecule is CO[C@@]1(c2ccc(C(N)=O)s2)[C@@H]2CCC[C@H]1CN(C1CN(C(C)=O)C1)C2.Cl. The van der Waals surface area contributed by atoms with Crippen LogP contribution in [0.2, 0.25) is 0 Å². The molecule has 1 aliphatic carbocycles. The topological polar surface area (TPSA) is 75.9 Å². The molecule has 1 saturated carbocycles. The number of carbonyl (C=O) groups is 2. The number of carbonyl (C=O) groups excluding carboxylic acids is 2. The number of nitrogens with two attached hydrogens (primary N) is 1. The van der Waals surface area contributed by atoms with Crippen LogP contribution in [0, 0.1) is 11.8 Å². The molecule has 0 unspecified atom stereocenters. The van der Waals surface area contributed by atoms with Crippen LogP contribution in [0.3, 0.4) is 0 Å². The molecule has 1 aromatic heterocycles. The Labute approximate surface area is 170 Å². The van der Waals surface area contributed by atoms with Crippen molar-refractivity contribution in [2.24, 2.45) is 17.6 Å². The van der Waals surface area contributed by atoms with Crippen molar-refractivity contribution in [2.75, 3.05) is 33.3 Å². The highest BCUT2D eigenvalue weighted by molar-refractivity contribution is 7.14. The van der Waals surface area contributed by atoms with Gasteiger partial charge in [-0.05, 0) is 25.0 Å². The summed E-state index contributed by atoms with van der Waals surface area (Å²) in [5.41, 5.74) is 5.16. The van der Waals surface area contributed by atoms with Gasteiger partial charge in [0.05, 0.1) is 4.88 Å². The van der Waals surface area contributed by atoms with Crippen molar-refractivity contribution in [1.82, 2.24) is 9.80 Å². The first-order chi connectivity index (χ1) is 12.5. The molecular weight excluding hydrogens is 386 g/mol. The van der Waals surface area contributed by atoms with Crippen molar-refractivity contribution < 1.29 is 14.3 Å². The first-order valence-corrected chi connectivity index (χ1v) is 10.2. The van der Waals surface area contributed by atoms with E-state index in [9.17, 15) is 9.59 Å². The number of methoxy groups -OCH3 is 1. The lowest BCUT2D eigenvalue weighted by Gasteiger charge is -2.58. The van der Waals surface area contributed by atoms with E-state index in [-0.39, 0.29) is 29.8 Å². The Hall–Kier alpha value is -1.15. The molecule has 3 aliphatic rings. The second-order valence-electron chi connectivity index (χ2n) is 7.88. The van der Waals surface area contributed by atoms with Gasteiger partial charge in [-0.15, -0.1) is 23.7 Å². The molecule has 27 heavy (non-hydrogen) atoms. The van der Waals surface area contributed by atoms with Crippen LogP contribution in [0.15, 0.2) is 12.1 Å². The van der Waals surface area contributed by atoms with Gasteiger partial charge in [0.1, 0.15) is 5.60 Å². The molecule has 3 fully saturated rings.